The third-order valence-electron chi connectivity index (χ3n) is 3.37. The highest BCUT2D eigenvalue weighted by atomic mass is 32.2. The van der Waals surface area contributed by atoms with Gasteiger partial charge in [-0.1, -0.05) is 41.7 Å². The molecular formula is C19H15NO2S2. The summed E-state index contributed by atoms with van der Waals surface area (Å²) in [6.45, 7) is 1.92. The molecule has 0 aliphatic carbocycles. The Kier molecular flexibility index (Phi) is 4.70. The molecule has 3 nitrogen and oxygen atoms in total. The van der Waals surface area contributed by atoms with Gasteiger partial charge in [-0.25, -0.2) is 8.42 Å². The van der Waals surface area contributed by atoms with Gasteiger partial charge in [0.25, 0.3) is 10.0 Å². The van der Waals surface area contributed by atoms with Gasteiger partial charge in [0.1, 0.15) is 0 Å². The summed E-state index contributed by atoms with van der Waals surface area (Å²) in [5, 5.41) is 3.90. The van der Waals surface area contributed by atoms with Crippen LogP contribution in [0, 0.1) is 18.8 Å². The van der Waals surface area contributed by atoms with Gasteiger partial charge in [-0.05, 0) is 42.6 Å². The number of rotatable bonds is 3. The average molecular weight is 353 g/mol. The highest BCUT2D eigenvalue weighted by Gasteiger charge is 2.15. The summed E-state index contributed by atoms with van der Waals surface area (Å²) in [6, 6.07) is 15.8. The second kappa shape index (κ2) is 6.91. The second-order valence-corrected chi connectivity index (χ2v) is 7.69. The van der Waals surface area contributed by atoms with Crippen LogP contribution in [0.4, 0.5) is 5.69 Å². The van der Waals surface area contributed by atoms with Crippen molar-refractivity contribution < 1.29 is 8.42 Å². The summed E-state index contributed by atoms with van der Waals surface area (Å²) >= 11 is 1.57. The monoisotopic (exact) mass is 353 g/mol. The van der Waals surface area contributed by atoms with Crippen molar-refractivity contribution in [3.8, 4) is 11.8 Å². The average Bonchev–Trinajstić information content (AvgIpc) is 3.07. The first-order chi connectivity index (χ1) is 11.5. The molecule has 0 fully saturated rings. The van der Waals surface area contributed by atoms with E-state index in [-0.39, 0.29) is 4.90 Å². The highest BCUT2D eigenvalue weighted by Crippen LogP contribution is 2.20. The Morgan fingerprint density at radius 1 is 0.958 bits per heavy atom. The van der Waals surface area contributed by atoms with Gasteiger partial charge in [-0.2, -0.15) is 11.3 Å². The van der Waals surface area contributed by atoms with E-state index in [1.807, 2.05) is 29.8 Å². The zero-order valence-corrected chi connectivity index (χ0v) is 14.6. The second-order valence-electron chi connectivity index (χ2n) is 5.23. The zero-order chi connectivity index (χ0) is 17.0. The van der Waals surface area contributed by atoms with E-state index >= 15 is 0 Å². The molecule has 5 heteroatoms. The lowest BCUT2D eigenvalue weighted by molar-refractivity contribution is 0.601. The molecule has 0 aliphatic heterocycles. The molecule has 0 unspecified atom stereocenters. The SMILES string of the molecule is Cc1ccc(S(=O)(=O)Nc2ccccc2C#Cc2ccsc2)cc1. The van der Waals surface area contributed by atoms with Gasteiger partial charge in [-0.15, -0.1) is 0 Å². The quantitative estimate of drug-likeness (QED) is 0.715. The zero-order valence-electron chi connectivity index (χ0n) is 13.0. The number of anilines is 1. The number of sulfonamides is 1. The molecule has 0 amide bonds. The Bertz CT molecular complexity index is 994. The maximum absolute atomic E-state index is 12.5. The van der Waals surface area contributed by atoms with Crippen molar-refractivity contribution in [3.05, 3.63) is 82.0 Å². The molecule has 1 N–H and O–H groups in total. The molecule has 2 aromatic carbocycles. The first kappa shape index (κ1) is 16.3. The number of benzene rings is 2. The molecule has 0 aliphatic rings. The third kappa shape index (κ3) is 3.85. The van der Waals surface area contributed by atoms with Crippen LogP contribution in [0.5, 0.6) is 0 Å². The first-order valence-corrected chi connectivity index (χ1v) is 9.70. The molecular weight excluding hydrogens is 338 g/mol. The molecule has 0 bridgehead atoms. The van der Waals surface area contributed by atoms with E-state index in [2.05, 4.69) is 16.6 Å². The number of para-hydroxylation sites is 1. The summed E-state index contributed by atoms with van der Waals surface area (Å²) in [4.78, 5) is 0.230. The fourth-order valence-corrected chi connectivity index (χ4v) is 3.74. The molecule has 1 aromatic heterocycles. The van der Waals surface area contributed by atoms with E-state index in [1.165, 1.54) is 0 Å². The highest BCUT2D eigenvalue weighted by molar-refractivity contribution is 7.92. The molecule has 0 saturated heterocycles. The summed E-state index contributed by atoms with van der Waals surface area (Å²) < 4.78 is 27.7. The van der Waals surface area contributed by atoms with Crippen LogP contribution < -0.4 is 4.72 Å². The van der Waals surface area contributed by atoms with Crippen LogP contribution in [0.2, 0.25) is 0 Å². The molecule has 120 valence electrons. The predicted molar refractivity (Wildman–Crippen MR) is 98.7 cm³/mol. The standard InChI is InChI=1S/C19H15NO2S2/c1-15-6-10-18(11-7-15)24(21,22)20-19-5-3-2-4-17(19)9-8-16-12-13-23-14-16/h2-7,10-14,20H,1H3. The van der Waals surface area contributed by atoms with Crippen LogP contribution in [-0.4, -0.2) is 8.42 Å². The Labute approximate surface area is 146 Å². The molecule has 3 aromatic rings. The van der Waals surface area contributed by atoms with Crippen molar-refractivity contribution in [2.45, 2.75) is 11.8 Å². The van der Waals surface area contributed by atoms with Crippen molar-refractivity contribution in [1.82, 2.24) is 0 Å². The maximum Gasteiger partial charge on any atom is 0.261 e. The fraction of sp³-hybridized carbons (Fsp3) is 0.0526. The van der Waals surface area contributed by atoms with E-state index < -0.39 is 10.0 Å². The largest absolute Gasteiger partial charge is 0.278 e. The Morgan fingerprint density at radius 2 is 1.71 bits per heavy atom. The van der Waals surface area contributed by atoms with Crippen LogP contribution >= 0.6 is 11.3 Å². The Balaban J connectivity index is 1.91. The number of nitrogens with one attached hydrogen (secondary N) is 1. The van der Waals surface area contributed by atoms with Gasteiger partial charge in [0.05, 0.1) is 10.6 Å². The van der Waals surface area contributed by atoms with Crippen molar-refractivity contribution in [2.75, 3.05) is 4.72 Å². The Hall–Kier alpha value is -2.55. The molecule has 3 rings (SSSR count). The van der Waals surface area contributed by atoms with E-state index in [0.29, 0.717) is 11.3 Å². The minimum atomic E-state index is -3.64. The van der Waals surface area contributed by atoms with Crippen molar-refractivity contribution >= 4 is 27.0 Å². The van der Waals surface area contributed by atoms with E-state index in [4.69, 9.17) is 0 Å². The minimum absolute atomic E-state index is 0.230. The van der Waals surface area contributed by atoms with Crippen LogP contribution in [0.3, 0.4) is 0 Å². The van der Waals surface area contributed by atoms with E-state index in [0.717, 1.165) is 11.1 Å². The van der Waals surface area contributed by atoms with Gasteiger partial charge < -0.3 is 0 Å². The molecule has 1 heterocycles. The lowest BCUT2D eigenvalue weighted by atomic mass is 10.2. The normalized spacial score (nSPS) is 10.7. The molecule has 0 spiro atoms. The molecule has 0 atom stereocenters. The maximum atomic E-state index is 12.5. The third-order valence-corrected chi connectivity index (χ3v) is 5.43. The van der Waals surface area contributed by atoms with E-state index in [9.17, 15) is 8.42 Å². The minimum Gasteiger partial charge on any atom is -0.278 e. The van der Waals surface area contributed by atoms with Gasteiger partial charge >= 0.3 is 0 Å². The smallest absolute Gasteiger partial charge is 0.261 e. The molecule has 24 heavy (non-hydrogen) atoms. The van der Waals surface area contributed by atoms with Gasteiger partial charge in [-0.3, -0.25) is 4.72 Å². The summed E-state index contributed by atoms with van der Waals surface area (Å²) in [5.41, 5.74) is 3.03. The van der Waals surface area contributed by atoms with E-state index in [1.54, 1.807) is 53.8 Å². The van der Waals surface area contributed by atoms with Crippen LogP contribution in [0.1, 0.15) is 16.7 Å². The van der Waals surface area contributed by atoms with Gasteiger partial charge in [0.2, 0.25) is 0 Å². The Morgan fingerprint density at radius 3 is 2.42 bits per heavy atom. The number of aryl methyl sites for hydroxylation is 1. The number of thiophene rings is 1. The lowest BCUT2D eigenvalue weighted by Crippen LogP contribution is -2.13. The van der Waals surface area contributed by atoms with Crippen molar-refractivity contribution in [1.29, 1.82) is 0 Å². The van der Waals surface area contributed by atoms with Crippen LogP contribution in [0.25, 0.3) is 0 Å². The number of hydrogen-bond acceptors (Lipinski definition) is 3. The molecule has 0 saturated carbocycles. The number of hydrogen-bond donors (Lipinski definition) is 1. The van der Waals surface area contributed by atoms with Crippen LogP contribution in [-0.2, 0) is 10.0 Å². The fourth-order valence-electron chi connectivity index (χ4n) is 2.08. The summed E-state index contributed by atoms with van der Waals surface area (Å²) in [6.07, 6.45) is 0. The first-order valence-electron chi connectivity index (χ1n) is 7.27. The van der Waals surface area contributed by atoms with Crippen molar-refractivity contribution in [2.24, 2.45) is 0 Å². The lowest BCUT2D eigenvalue weighted by Gasteiger charge is -2.10. The summed E-state index contributed by atoms with van der Waals surface area (Å²) in [7, 11) is -3.64. The van der Waals surface area contributed by atoms with Crippen molar-refractivity contribution in [3.63, 3.8) is 0 Å². The predicted octanol–water partition coefficient (Wildman–Crippen LogP) is 4.26. The van der Waals surface area contributed by atoms with Gasteiger partial charge in [0.15, 0.2) is 0 Å². The molecule has 0 radical (unpaired) electrons. The van der Waals surface area contributed by atoms with Gasteiger partial charge in [0, 0.05) is 16.5 Å². The topological polar surface area (TPSA) is 46.2 Å². The van der Waals surface area contributed by atoms with Crippen LogP contribution in [0.15, 0.2) is 70.3 Å². The summed E-state index contributed by atoms with van der Waals surface area (Å²) in [5.74, 6) is 6.07.